The van der Waals surface area contributed by atoms with Crippen molar-refractivity contribution in [1.29, 1.82) is 0 Å². The molecule has 1 unspecified atom stereocenters. The van der Waals surface area contributed by atoms with Gasteiger partial charge in [-0.05, 0) is 25.1 Å². The molecule has 4 heteroatoms. The zero-order valence-corrected chi connectivity index (χ0v) is 9.99. The second-order valence-electron chi connectivity index (χ2n) is 3.81. The first kappa shape index (κ1) is 9.36. The number of hydrogen-bond donors (Lipinski definition) is 0. The number of fused-ring (bicyclic) bond motifs is 1. The molecule has 3 nitrogen and oxygen atoms in total. The van der Waals surface area contributed by atoms with Crippen LogP contribution in [0.5, 0.6) is 0 Å². The minimum absolute atomic E-state index is 0.141. The normalized spacial score (nSPS) is 20.5. The minimum atomic E-state index is 0.141. The first-order valence-corrected chi connectivity index (χ1v) is 5.81. The average Bonchev–Trinajstić information content (AvgIpc) is 2.41. The molecule has 1 aliphatic heterocycles. The van der Waals surface area contributed by atoms with Gasteiger partial charge in [-0.25, -0.2) is 4.68 Å². The van der Waals surface area contributed by atoms with Gasteiger partial charge in [0, 0.05) is 16.3 Å². The number of hydrogen-bond acceptors (Lipinski definition) is 2. The third-order valence-electron chi connectivity index (χ3n) is 2.80. The molecule has 2 heterocycles. The van der Waals surface area contributed by atoms with E-state index in [4.69, 9.17) is 4.74 Å². The molecule has 1 aromatic heterocycles. The molecule has 0 radical (unpaired) electrons. The molecule has 1 atom stereocenters. The molecule has 0 aliphatic carbocycles. The molecular weight excluding hydrogens is 256 g/mol. The SMILES string of the molecule is Cc1nn(C2CCO2)c2ccc(Br)cc12. The number of halogens is 1. The number of benzene rings is 1. The van der Waals surface area contributed by atoms with Crippen molar-refractivity contribution in [3.05, 3.63) is 28.4 Å². The van der Waals surface area contributed by atoms with E-state index in [1.165, 1.54) is 5.39 Å². The molecule has 1 fully saturated rings. The summed E-state index contributed by atoms with van der Waals surface area (Å²) in [6.45, 7) is 2.88. The Hall–Kier alpha value is -0.870. The molecule has 1 saturated heterocycles. The van der Waals surface area contributed by atoms with E-state index in [-0.39, 0.29) is 6.23 Å². The fourth-order valence-electron chi connectivity index (χ4n) is 1.90. The Kier molecular flexibility index (Phi) is 2.07. The Morgan fingerprint density at radius 3 is 3.00 bits per heavy atom. The molecule has 1 aliphatic rings. The van der Waals surface area contributed by atoms with Gasteiger partial charge in [0.2, 0.25) is 0 Å². The number of ether oxygens (including phenoxy) is 1. The maximum Gasteiger partial charge on any atom is 0.153 e. The van der Waals surface area contributed by atoms with Crippen LogP contribution in [-0.2, 0) is 4.74 Å². The molecular formula is C11H11BrN2O. The van der Waals surface area contributed by atoms with Gasteiger partial charge in [0.15, 0.2) is 6.23 Å². The van der Waals surface area contributed by atoms with Crippen LogP contribution in [0.25, 0.3) is 10.9 Å². The summed E-state index contributed by atoms with van der Waals surface area (Å²) in [5.41, 5.74) is 2.21. The Bertz CT molecular complexity index is 517. The van der Waals surface area contributed by atoms with Gasteiger partial charge in [0.25, 0.3) is 0 Å². The van der Waals surface area contributed by atoms with Crippen LogP contribution in [-0.4, -0.2) is 16.4 Å². The summed E-state index contributed by atoms with van der Waals surface area (Å²) in [6.07, 6.45) is 1.20. The van der Waals surface area contributed by atoms with Crippen LogP contribution in [0.1, 0.15) is 18.3 Å². The van der Waals surface area contributed by atoms with Gasteiger partial charge in [-0.1, -0.05) is 15.9 Å². The summed E-state index contributed by atoms with van der Waals surface area (Å²) in [5, 5.41) is 5.72. The number of rotatable bonds is 1. The van der Waals surface area contributed by atoms with Crippen molar-refractivity contribution < 1.29 is 4.74 Å². The van der Waals surface area contributed by atoms with Gasteiger partial charge in [0.1, 0.15) is 0 Å². The van der Waals surface area contributed by atoms with Crippen molar-refractivity contribution in [2.45, 2.75) is 19.6 Å². The predicted molar refractivity (Wildman–Crippen MR) is 61.8 cm³/mol. The van der Waals surface area contributed by atoms with E-state index in [9.17, 15) is 0 Å². The molecule has 1 aromatic carbocycles. The third-order valence-corrected chi connectivity index (χ3v) is 3.29. The summed E-state index contributed by atoms with van der Waals surface area (Å²) in [7, 11) is 0. The predicted octanol–water partition coefficient (Wildman–Crippen LogP) is 3.03. The number of aryl methyl sites for hydroxylation is 1. The lowest BCUT2D eigenvalue weighted by Gasteiger charge is -2.27. The van der Waals surface area contributed by atoms with E-state index in [1.807, 2.05) is 17.7 Å². The van der Waals surface area contributed by atoms with Crippen LogP contribution in [0.3, 0.4) is 0 Å². The first-order chi connectivity index (χ1) is 7.25. The monoisotopic (exact) mass is 266 g/mol. The van der Waals surface area contributed by atoms with Gasteiger partial charge in [-0.15, -0.1) is 0 Å². The smallest absolute Gasteiger partial charge is 0.153 e. The second kappa shape index (κ2) is 3.32. The standard InChI is InChI=1S/C11H11BrN2O/c1-7-9-6-8(12)2-3-10(9)14(13-7)11-4-5-15-11/h2-3,6,11H,4-5H2,1H3. The van der Waals surface area contributed by atoms with E-state index < -0.39 is 0 Å². The largest absolute Gasteiger partial charge is 0.356 e. The van der Waals surface area contributed by atoms with Crippen LogP contribution in [0.15, 0.2) is 22.7 Å². The minimum Gasteiger partial charge on any atom is -0.356 e. The molecule has 0 spiro atoms. The Labute approximate surface area is 96.2 Å². The Morgan fingerprint density at radius 1 is 1.53 bits per heavy atom. The van der Waals surface area contributed by atoms with E-state index in [0.29, 0.717) is 0 Å². The fraction of sp³-hybridized carbons (Fsp3) is 0.364. The molecule has 3 rings (SSSR count). The lowest BCUT2D eigenvalue weighted by Crippen LogP contribution is -2.25. The quantitative estimate of drug-likeness (QED) is 0.794. The molecule has 0 N–H and O–H groups in total. The molecule has 15 heavy (non-hydrogen) atoms. The average molecular weight is 267 g/mol. The maximum absolute atomic E-state index is 5.46. The summed E-state index contributed by atoms with van der Waals surface area (Å²) in [5.74, 6) is 0. The number of aromatic nitrogens is 2. The van der Waals surface area contributed by atoms with Crippen molar-refractivity contribution in [2.24, 2.45) is 0 Å². The number of nitrogens with zero attached hydrogens (tertiary/aromatic N) is 2. The summed E-state index contributed by atoms with van der Waals surface area (Å²) in [6, 6.07) is 6.23. The van der Waals surface area contributed by atoms with Crippen molar-refractivity contribution in [3.8, 4) is 0 Å². The van der Waals surface area contributed by atoms with E-state index in [2.05, 4.69) is 33.2 Å². The Morgan fingerprint density at radius 2 is 2.33 bits per heavy atom. The molecule has 78 valence electrons. The van der Waals surface area contributed by atoms with Gasteiger partial charge < -0.3 is 4.74 Å². The molecule has 0 amide bonds. The topological polar surface area (TPSA) is 27.1 Å². The summed E-state index contributed by atoms with van der Waals surface area (Å²) in [4.78, 5) is 0. The van der Waals surface area contributed by atoms with Gasteiger partial charge >= 0.3 is 0 Å². The van der Waals surface area contributed by atoms with E-state index in [0.717, 1.165) is 28.7 Å². The zero-order valence-electron chi connectivity index (χ0n) is 8.40. The van der Waals surface area contributed by atoms with Gasteiger partial charge in [0.05, 0.1) is 17.8 Å². The summed E-state index contributed by atoms with van der Waals surface area (Å²) >= 11 is 3.48. The van der Waals surface area contributed by atoms with Gasteiger partial charge in [-0.3, -0.25) is 0 Å². The first-order valence-electron chi connectivity index (χ1n) is 5.02. The third kappa shape index (κ3) is 1.40. The fourth-order valence-corrected chi connectivity index (χ4v) is 2.26. The maximum atomic E-state index is 5.46. The molecule has 0 bridgehead atoms. The lowest BCUT2D eigenvalue weighted by molar-refractivity contribution is -0.104. The van der Waals surface area contributed by atoms with Crippen molar-refractivity contribution >= 4 is 26.8 Å². The highest BCUT2D eigenvalue weighted by molar-refractivity contribution is 9.10. The highest BCUT2D eigenvalue weighted by Gasteiger charge is 2.23. The van der Waals surface area contributed by atoms with Crippen LogP contribution in [0, 0.1) is 6.92 Å². The molecule has 0 saturated carbocycles. The Balaban J connectivity index is 2.22. The molecule has 2 aromatic rings. The second-order valence-corrected chi connectivity index (χ2v) is 4.72. The van der Waals surface area contributed by atoms with E-state index >= 15 is 0 Å². The highest BCUT2D eigenvalue weighted by Crippen LogP contribution is 2.30. The van der Waals surface area contributed by atoms with Crippen LogP contribution < -0.4 is 0 Å². The summed E-state index contributed by atoms with van der Waals surface area (Å²) < 4.78 is 8.53. The zero-order chi connectivity index (χ0) is 10.4. The van der Waals surface area contributed by atoms with Crippen molar-refractivity contribution in [3.63, 3.8) is 0 Å². The van der Waals surface area contributed by atoms with Gasteiger partial charge in [-0.2, -0.15) is 5.10 Å². The van der Waals surface area contributed by atoms with Crippen molar-refractivity contribution in [1.82, 2.24) is 9.78 Å². The van der Waals surface area contributed by atoms with Crippen LogP contribution in [0.2, 0.25) is 0 Å². The van der Waals surface area contributed by atoms with Crippen molar-refractivity contribution in [2.75, 3.05) is 6.61 Å². The van der Waals surface area contributed by atoms with E-state index in [1.54, 1.807) is 0 Å². The van der Waals surface area contributed by atoms with Crippen LogP contribution in [0.4, 0.5) is 0 Å². The van der Waals surface area contributed by atoms with Crippen LogP contribution >= 0.6 is 15.9 Å². The lowest BCUT2D eigenvalue weighted by atomic mass is 10.2. The highest BCUT2D eigenvalue weighted by atomic mass is 79.9.